The Bertz CT molecular complexity index is 1150. The summed E-state index contributed by atoms with van der Waals surface area (Å²) in [6, 6.07) is 10.8. The molecule has 2 aromatic rings. The van der Waals surface area contributed by atoms with E-state index in [1.54, 1.807) is 24.1 Å². The third kappa shape index (κ3) is 4.98. The number of piperazine rings is 1. The van der Waals surface area contributed by atoms with Gasteiger partial charge in [0.15, 0.2) is 0 Å². The zero-order chi connectivity index (χ0) is 24.3. The van der Waals surface area contributed by atoms with Gasteiger partial charge < -0.3 is 19.1 Å². The molecule has 0 atom stereocenters. The number of carbonyl (C=O) groups is 1. The zero-order valence-electron chi connectivity index (χ0n) is 19.8. The van der Waals surface area contributed by atoms with Gasteiger partial charge in [-0.1, -0.05) is 6.07 Å². The lowest BCUT2D eigenvalue weighted by Gasteiger charge is -2.36. The fraction of sp³-hybridized carbons (Fsp3) is 0.458. The molecule has 0 radical (unpaired) electrons. The highest BCUT2D eigenvalue weighted by Crippen LogP contribution is 2.31. The van der Waals surface area contributed by atoms with Crippen LogP contribution in [0.2, 0.25) is 0 Å². The van der Waals surface area contributed by atoms with E-state index in [9.17, 15) is 13.2 Å². The van der Waals surface area contributed by atoms with E-state index >= 15 is 0 Å². The van der Waals surface area contributed by atoms with Gasteiger partial charge in [0, 0.05) is 45.3 Å². The normalized spacial score (nSPS) is 17.2. The van der Waals surface area contributed by atoms with Crippen molar-refractivity contribution in [3.05, 3.63) is 47.5 Å². The number of benzene rings is 2. The highest BCUT2D eigenvalue weighted by Gasteiger charge is 2.33. The van der Waals surface area contributed by atoms with Crippen molar-refractivity contribution < 1.29 is 27.4 Å². The Morgan fingerprint density at radius 3 is 2.21 bits per heavy atom. The fourth-order valence-corrected chi connectivity index (χ4v) is 6.04. The van der Waals surface area contributed by atoms with Crippen LogP contribution < -0.4 is 14.2 Å². The van der Waals surface area contributed by atoms with Crippen LogP contribution in [0.3, 0.4) is 0 Å². The molecule has 34 heavy (non-hydrogen) atoms. The molecule has 0 saturated carbocycles. The van der Waals surface area contributed by atoms with E-state index in [4.69, 9.17) is 14.2 Å². The van der Waals surface area contributed by atoms with Crippen LogP contribution in [-0.2, 0) is 27.8 Å². The Balaban J connectivity index is 1.37. The quantitative estimate of drug-likeness (QED) is 0.584. The largest absolute Gasteiger partial charge is 0.497 e. The van der Waals surface area contributed by atoms with Crippen molar-refractivity contribution in [2.75, 3.05) is 60.6 Å². The number of nitrogens with zero attached hydrogens (tertiary/aromatic N) is 3. The van der Waals surface area contributed by atoms with Gasteiger partial charge >= 0.3 is 0 Å². The monoisotopic (exact) mass is 489 g/mol. The average Bonchev–Trinajstić information content (AvgIpc) is 2.87. The Kier molecular flexibility index (Phi) is 7.30. The topological polar surface area (TPSA) is 88.6 Å². The number of ether oxygens (including phenoxy) is 3. The third-order valence-corrected chi connectivity index (χ3v) is 8.36. The number of carbonyl (C=O) groups excluding carboxylic acids is 1. The van der Waals surface area contributed by atoms with Gasteiger partial charge in [0.1, 0.15) is 22.1 Å². The Labute approximate surface area is 200 Å². The SMILES string of the molecule is COc1ccc2c(c1)CN(CC(=O)N1CCN(S(=O)(=O)c3cc(OC)ccc3OC)CC1)CC2. The van der Waals surface area contributed by atoms with E-state index in [-0.39, 0.29) is 29.6 Å². The number of rotatable bonds is 7. The van der Waals surface area contributed by atoms with Gasteiger partial charge in [-0.25, -0.2) is 8.42 Å². The van der Waals surface area contributed by atoms with Crippen molar-refractivity contribution in [2.45, 2.75) is 17.9 Å². The van der Waals surface area contributed by atoms with E-state index in [1.165, 1.54) is 35.7 Å². The maximum absolute atomic E-state index is 13.3. The second kappa shape index (κ2) is 10.2. The highest BCUT2D eigenvalue weighted by atomic mass is 32.2. The number of hydrogen-bond donors (Lipinski definition) is 0. The Morgan fingerprint density at radius 1 is 0.853 bits per heavy atom. The summed E-state index contributed by atoms with van der Waals surface area (Å²) in [6.45, 7) is 2.98. The average molecular weight is 490 g/mol. The van der Waals surface area contributed by atoms with Crippen molar-refractivity contribution >= 4 is 15.9 Å². The van der Waals surface area contributed by atoms with E-state index in [2.05, 4.69) is 11.0 Å². The molecule has 10 heteroatoms. The molecule has 2 aliphatic rings. The van der Waals surface area contributed by atoms with Gasteiger partial charge in [-0.3, -0.25) is 9.69 Å². The molecule has 1 fully saturated rings. The smallest absolute Gasteiger partial charge is 0.247 e. The summed E-state index contributed by atoms with van der Waals surface area (Å²) in [4.78, 5) is 16.9. The molecule has 2 aliphatic heterocycles. The van der Waals surface area contributed by atoms with E-state index < -0.39 is 10.0 Å². The molecule has 0 aliphatic carbocycles. The molecule has 1 amide bonds. The van der Waals surface area contributed by atoms with Crippen molar-refractivity contribution in [3.63, 3.8) is 0 Å². The predicted molar refractivity (Wildman–Crippen MR) is 127 cm³/mol. The van der Waals surface area contributed by atoms with Gasteiger partial charge in [-0.15, -0.1) is 0 Å². The first-order chi connectivity index (χ1) is 16.3. The molecule has 1 saturated heterocycles. The number of fused-ring (bicyclic) bond motifs is 1. The van der Waals surface area contributed by atoms with Crippen molar-refractivity contribution in [1.82, 2.24) is 14.1 Å². The van der Waals surface area contributed by atoms with Crippen LogP contribution in [0.25, 0.3) is 0 Å². The fourth-order valence-electron chi connectivity index (χ4n) is 4.45. The van der Waals surface area contributed by atoms with Crippen LogP contribution in [0.1, 0.15) is 11.1 Å². The number of amides is 1. The minimum Gasteiger partial charge on any atom is -0.497 e. The van der Waals surface area contributed by atoms with Crippen LogP contribution in [0.5, 0.6) is 17.2 Å². The van der Waals surface area contributed by atoms with Crippen LogP contribution in [-0.4, -0.2) is 89.0 Å². The molecular formula is C24H31N3O6S. The number of methoxy groups -OCH3 is 3. The summed E-state index contributed by atoms with van der Waals surface area (Å²) in [5.74, 6) is 1.54. The summed E-state index contributed by atoms with van der Waals surface area (Å²) >= 11 is 0. The van der Waals surface area contributed by atoms with Crippen molar-refractivity contribution in [3.8, 4) is 17.2 Å². The van der Waals surface area contributed by atoms with E-state index in [1.807, 2.05) is 12.1 Å². The van der Waals surface area contributed by atoms with Crippen LogP contribution in [0.4, 0.5) is 0 Å². The second-order valence-corrected chi connectivity index (χ2v) is 10.3. The molecule has 184 valence electrons. The molecule has 0 N–H and O–H groups in total. The van der Waals surface area contributed by atoms with Crippen molar-refractivity contribution in [2.24, 2.45) is 0 Å². The van der Waals surface area contributed by atoms with Gasteiger partial charge in [0.05, 0.1) is 27.9 Å². The van der Waals surface area contributed by atoms with Gasteiger partial charge in [-0.05, 0) is 41.8 Å². The van der Waals surface area contributed by atoms with E-state index in [0.29, 0.717) is 31.9 Å². The summed E-state index contributed by atoms with van der Waals surface area (Å²) in [6.07, 6.45) is 0.890. The van der Waals surface area contributed by atoms with E-state index in [0.717, 1.165) is 18.7 Å². The molecular weight excluding hydrogens is 458 g/mol. The Morgan fingerprint density at radius 2 is 1.53 bits per heavy atom. The lowest BCUT2D eigenvalue weighted by Crippen LogP contribution is -2.52. The Hall–Kier alpha value is -2.82. The molecule has 4 rings (SSSR count). The summed E-state index contributed by atoms with van der Waals surface area (Å²) in [7, 11) is 0.786. The number of sulfonamides is 1. The lowest BCUT2D eigenvalue weighted by atomic mass is 9.99. The molecule has 0 spiro atoms. The predicted octanol–water partition coefficient (Wildman–Crippen LogP) is 1.60. The maximum atomic E-state index is 13.3. The molecule has 0 aromatic heterocycles. The summed E-state index contributed by atoms with van der Waals surface area (Å²) < 4.78 is 43.7. The molecule has 2 heterocycles. The molecule has 9 nitrogen and oxygen atoms in total. The first-order valence-corrected chi connectivity index (χ1v) is 12.7. The minimum absolute atomic E-state index is 0.0161. The standard InChI is InChI=1S/C24H31N3O6S/c1-31-20-5-4-18-8-9-25(16-19(18)14-20)17-24(28)26-10-12-27(13-11-26)34(29,30)23-15-21(32-2)6-7-22(23)33-3/h4-7,14-15H,8-13,16-17H2,1-3H3. The first kappa shape index (κ1) is 24.3. The van der Waals surface area contributed by atoms with Crippen LogP contribution in [0, 0.1) is 0 Å². The first-order valence-electron chi connectivity index (χ1n) is 11.2. The third-order valence-electron chi connectivity index (χ3n) is 6.44. The van der Waals surface area contributed by atoms with Gasteiger partial charge in [-0.2, -0.15) is 4.31 Å². The molecule has 0 bridgehead atoms. The summed E-state index contributed by atoms with van der Waals surface area (Å²) in [5, 5.41) is 0. The van der Waals surface area contributed by atoms with Crippen molar-refractivity contribution in [1.29, 1.82) is 0 Å². The van der Waals surface area contributed by atoms with Crippen LogP contribution in [0.15, 0.2) is 41.3 Å². The molecule has 0 unspecified atom stereocenters. The second-order valence-electron chi connectivity index (χ2n) is 8.40. The highest BCUT2D eigenvalue weighted by molar-refractivity contribution is 7.89. The van der Waals surface area contributed by atoms with Gasteiger partial charge in [0.25, 0.3) is 0 Å². The van der Waals surface area contributed by atoms with Crippen LogP contribution >= 0.6 is 0 Å². The number of hydrogen-bond acceptors (Lipinski definition) is 7. The maximum Gasteiger partial charge on any atom is 0.247 e. The minimum atomic E-state index is -3.79. The molecule has 2 aromatic carbocycles. The zero-order valence-corrected chi connectivity index (χ0v) is 20.6. The summed E-state index contributed by atoms with van der Waals surface area (Å²) in [5.41, 5.74) is 2.47. The van der Waals surface area contributed by atoms with Gasteiger partial charge in [0.2, 0.25) is 15.9 Å². The lowest BCUT2D eigenvalue weighted by molar-refractivity contribution is -0.133.